The minimum atomic E-state index is 0.543. The molecule has 0 bridgehead atoms. The molecule has 2 rings (SSSR count). The van der Waals surface area contributed by atoms with E-state index in [1.54, 1.807) is 14.2 Å². The molecule has 0 aliphatic rings. The standard InChI is InChI=1S/C16H17Cl2NO2/c1-10-4-6-12(17)8-13(10)19-9-11-5-7-14(20-2)16(21-3)15(11)18/h4-8,19H,9H2,1-3H3. The molecule has 0 aliphatic carbocycles. The van der Waals surface area contributed by atoms with Gasteiger partial charge in [0.2, 0.25) is 0 Å². The molecule has 21 heavy (non-hydrogen) atoms. The van der Waals surface area contributed by atoms with Gasteiger partial charge in [-0.25, -0.2) is 0 Å². The molecule has 0 saturated carbocycles. The molecule has 0 heterocycles. The van der Waals surface area contributed by atoms with Crippen LogP contribution in [0, 0.1) is 6.92 Å². The van der Waals surface area contributed by atoms with Gasteiger partial charge < -0.3 is 14.8 Å². The van der Waals surface area contributed by atoms with Gasteiger partial charge in [0.15, 0.2) is 11.5 Å². The van der Waals surface area contributed by atoms with Gasteiger partial charge in [0.05, 0.1) is 19.2 Å². The molecule has 1 N–H and O–H groups in total. The molecule has 0 radical (unpaired) electrons. The van der Waals surface area contributed by atoms with E-state index in [0.717, 1.165) is 16.8 Å². The largest absolute Gasteiger partial charge is 0.493 e. The number of ether oxygens (including phenoxy) is 2. The van der Waals surface area contributed by atoms with Gasteiger partial charge in [0.1, 0.15) is 0 Å². The van der Waals surface area contributed by atoms with E-state index in [9.17, 15) is 0 Å². The Morgan fingerprint density at radius 1 is 1.05 bits per heavy atom. The topological polar surface area (TPSA) is 30.5 Å². The Balaban J connectivity index is 2.22. The molecule has 0 atom stereocenters. The van der Waals surface area contributed by atoms with Crippen molar-refractivity contribution in [3.63, 3.8) is 0 Å². The number of halogens is 2. The van der Waals surface area contributed by atoms with Gasteiger partial charge in [-0.1, -0.05) is 35.3 Å². The van der Waals surface area contributed by atoms with E-state index in [2.05, 4.69) is 5.32 Å². The second-order valence-corrected chi connectivity index (χ2v) is 5.40. The number of hydrogen-bond donors (Lipinski definition) is 1. The summed E-state index contributed by atoms with van der Waals surface area (Å²) in [5.74, 6) is 1.16. The highest BCUT2D eigenvalue weighted by Gasteiger charge is 2.13. The third kappa shape index (κ3) is 3.55. The first-order valence-corrected chi connectivity index (χ1v) is 7.21. The van der Waals surface area contributed by atoms with Crippen LogP contribution < -0.4 is 14.8 Å². The number of hydrogen-bond acceptors (Lipinski definition) is 3. The molecule has 112 valence electrons. The molecule has 0 aliphatic heterocycles. The van der Waals surface area contributed by atoms with Crippen molar-refractivity contribution in [2.45, 2.75) is 13.5 Å². The van der Waals surface area contributed by atoms with Crippen molar-refractivity contribution < 1.29 is 9.47 Å². The zero-order valence-electron chi connectivity index (χ0n) is 12.2. The van der Waals surface area contributed by atoms with E-state index in [-0.39, 0.29) is 0 Å². The molecule has 0 aromatic heterocycles. The summed E-state index contributed by atoms with van der Waals surface area (Å²) in [6.07, 6.45) is 0. The van der Waals surface area contributed by atoms with Crippen LogP contribution in [-0.4, -0.2) is 14.2 Å². The first-order valence-electron chi connectivity index (χ1n) is 6.46. The van der Waals surface area contributed by atoms with Crippen molar-refractivity contribution in [3.05, 3.63) is 51.5 Å². The van der Waals surface area contributed by atoms with E-state index in [4.69, 9.17) is 32.7 Å². The van der Waals surface area contributed by atoms with E-state index in [0.29, 0.717) is 28.1 Å². The van der Waals surface area contributed by atoms with E-state index in [1.165, 1.54) is 0 Å². The van der Waals surface area contributed by atoms with E-state index in [1.807, 2.05) is 37.3 Å². The normalized spacial score (nSPS) is 10.3. The molecular weight excluding hydrogens is 309 g/mol. The molecule has 0 spiro atoms. The Bertz CT molecular complexity index is 644. The lowest BCUT2D eigenvalue weighted by Gasteiger charge is -2.15. The monoisotopic (exact) mass is 325 g/mol. The minimum Gasteiger partial charge on any atom is -0.493 e. The molecule has 2 aromatic rings. The predicted molar refractivity (Wildman–Crippen MR) is 88.1 cm³/mol. The van der Waals surface area contributed by atoms with E-state index < -0.39 is 0 Å². The first-order chi connectivity index (χ1) is 10.1. The highest BCUT2D eigenvalue weighted by Crippen LogP contribution is 2.37. The molecule has 0 fully saturated rings. The first kappa shape index (κ1) is 15.8. The highest BCUT2D eigenvalue weighted by molar-refractivity contribution is 6.33. The fourth-order valence-electron chi connectivity index (χ4n) is 2.04. The van der Waals surface area contributed by atoms with Crippen molar-refractivity contribution in [1.82, 2.24) is 0 Å². The molecule has 0 amide bonds. The average Bonchev–Trinajstić information content (AvgIpc) is 2.48. The molecular formula is C16H17Cl2NO2. The lowest BCUT2D eigenvalue weighted by atomic mass is 10.1. The van der Waals surface area contributed by atoms with Crippen molar-refractivity contribution in [2.24, 2.45) is 0 Å². The van der Waals surface area contributed by atoms with Crippen molar-refractivity contribution >= 4 is 28.9 Å². The van der Waals surface area contributed by atoms with Gasteiger partial charge in [-0.3, -0.25) is 0 Å². The Morgan fingerprint density at radius 3 is 2.48 bits per heavy atom. The summed E-state index contributed by atoms with van der Waals surface area (Å²) >= 11 is 12.4. The van der Waals surface area contributed by atoms with Crippen molar-refractivity contribution in [3.8, 4) is 11.5 Å². The quantitative estimate of drug-likeness (QED) is 0.845. The number of aryl methyl sites for hydroxylation is 1. The third-order valence-corrected chi connectivity index (χ3v) is 3.88. The number of nitrogens with one attached hydrogen (secondary N) is 1. The van der Waals surface area contributed by atoms with Crippen LogP contribution in [0.4, 0.5) is 5.69 Å². The Morgan fingerprint density at radius 2 is 1.81 bits per heavy atom. The Kier molecular flexibility index (Phi) is 5.21. The molecule has 0 unspecified atom stereocenters. The number of anilines is 1. The predicted octanol–water partition coefficient (Wildman–Crippen LogP) is 4.93. The zero-order chi connectivity index (χ0) is 15.4. The van der Waals surface area contributed by atoms with Gasteiger partial charge in [-0.15, -0.1) is 0 Å². The van der Waals surface area contributed by atoms with Crippen molar-refractivity contribution in [1.29, 1.82) is 0 Å². The summed E-state index contributed by atoms with van der Waals surface area (Å²) in [6.45, 7) is 2.59. The van der Waals surface area contributed by atoms with Gasteiger partial charge in [0, 0.05) is 17.3 Å². The summed E-state index contributed by atoms with van der Waals surface area (Å²) in [5, 5.41) is 4.58. The zero-order valence-corrected chi connectivity index (χ0v) is 13.7. The SMILES string of the molecule is COc1ccc(CNc2cc(Cl)ccc2C)c(Cl)c1OC. The summed E-state index contributed by atoms with van der Waals surface area (Å²) < 4.78 is 10.5. The molecule has 5 heteroatoms. The van der Waals surface area contributed by atoms with Crippen LogP contribution in [0.15, 0.2) is 30.3 Å². The van der Waals surface area contributed by atoms with Crippen LogP contribution in [0.5, 0.6) is 11.5 Å². The van der Waals surface area contributed by atoms with Crippen LogP contribution >= 0.6 is 23.2 Å². The van der Waals surface area contributed by atoms with Crippen LogP contribution in [-0.2, 0) is 6.54 Å². The summed E-state index contributed by atoms with van der Waals surface area (Å²) in [7, 11) is 3.16. The minimum absolute atomic E-state index is 0.543. The van der Waals surface area contributed by atoms with Crippen molar-refractivity contribution in [2.75, 3.05) is 19.5 Å². The Labute approximate surface area is 134 Å². The van der Waals surface area contributed by atoms with Crippen LogP contribution in [0.25, 0.3) is 0 Å². The van der Waals surface area contributed by atoms with Crippen LogP contribution in [0.1, 0.15) is 11.1 Å². The fourth-order valence-corrected chi connectivity index (χ4v) is 2.51. The van der Waals surface area contributed by atoms with Gasteiger partial charge in [-0.2, -0.15) is 0 Å². The van der Waals surface area contributed by atoms with Gasteiger partial charge >= 0.3 is 0 Å². The van der Waals surface area contributed by atoms with E-state index >= 15 is 0 Å². The molecule has 0 saturated heterocycles. The summed E-state index contributed by atoms with van der Waals surface area (Å²) in [5.41, 5.74) is 3.03. The molecule has 2 aromatic carbocycles. The number of benzene rings is 2. The smallest absolute Gasteiger partial charge is 0.179 e. The maximum Gasteiger partial charge on any atom is 0.179 e. The fraction of sp³-hybridized carbons (Fsp3) is 0.250. The maximum atomic E-state index is 6.36. The maximum absolute atomic E-state index is 6.36. The second-order valence-electron chi connectivity index (χ2n) is 4.59. The number of methoxy groups -OCH3 is 2. The highest BCUT2D eigenvalue weighted by atomic mass is 35.5. The summed E-state index contributed by atoms with van der Waals surface area (Å²) in [6, 6.07) is 9.49. The molecule has 3 nitrogen and oxygen atoms in total. The van der Waals surface area contributed by atoms with Gasteiger partial charge in [0.25, 0.3) is 0 Å². The Hall–Kier alpha value is -1.58. The number of rotatable bonds is 5. The van der Waals surface area contributed by atoms with Crippen LogP contribution in [0.2, 0.25) is 10.0 Å². The lowest BCUT2D eigenvalue weighted by molar-refractivity contribution is 0.355. The summed E-state index contributed by atoms with van der Waals surface area (Å²) in [4.78, 5) is 0. The van der Waals surface area contributed by atoms with Crippen LogP contribution in [0.3, 0.4) is 0 Å². The van der Waals surface area contributed by atoms with Gasteiger partial charge in [-0.05, 0) is 36.2 Å². The third-order valence-electron chi connectivity index (χ3n) is 3.23. The lowest BCUT2D eigenvalue weighted by Crippen LogP contribution is -2.03. The average molecular weight is 326 g/mol. The second kappa shape index (κ2) is 6.92.